The first-order valence-corrected chi connectivity index (χ1v) is 28.3. The summed E-state index contributed by atoms with van der Waals surface area (Å²) in [6.45, 7) is 7.87. The molecule has 1 aliphatic rings. The lowest BCUT2D eigenvalue weighted by Gasteiger charge is -2.33. The van der Waals surface area contributed by atoms with Gasteiger partial charge < -0.3 is 33.5 Å². The van der Waals surface area contributed by atoms with Crippen LogP contribution in [0.4, 0.5) is 4.79 Å². The third kappa shape index (κ3) is 40.2. The minimum Gasteiger partial charge on any atom is -0.465 e. The molecule has 13 nitrogen and oxygen atoms in total. The first-order valence-electron chi connectivity index (χ1n) is 28.3. The van der Waals surface area contributed by atoms with Gasteiger partial charge in [0.2, 0.25) is 0 Å². The number of carbonyl (C=O) groups is 5. The summed E-state index contributed by atoms with van der Waals surface area (Å²) in [5, 5.41) is 9.60. The summed E-state index contributed by atoms with van der Waals surface area (Å²) in [5.74, 6) is -2.24. The lowest BCUT2D eigenvalue weighted by molar-refractivity contribution is -0.152. The van der Waals surface area contributed by atoms with E-state index in [9.17, 15) is 29.1 Å². The van der Waals surface area contributed by atoms with Crippen LogP contribution in [0.5, 0.6) is 0 Å². The number of rotatable bonds is 47. The molecule has 1 fully saturated rings. The fourth-order valence-corrected chi connectivity index (χ4v) is 8.55. The molecule has 1 rings (SSSR count). The molecule has 1 aliphatic carbocycles. The van der Waals surface area contributed by atoms with Gasteiger partial charge in [0.25, 0.3) is 0 Å². The molecular weight excluding hydrogens is 891 g/mol. The van der Waals surface area contributed by atoms with Crippen molar-refractivity contribution in [3.8, 4) is 0 Å². The van der Waals surface area contributed by atoms with Crippen molar-refractivity contribution in [1.29, 1.82) is 0 Å². The molecule has 0 radical (unpaired) electrons. The van der Waals surface area contributed by atoms with Crippen molar-refractivity contribution in [2.45, 2.75) is 239 Å². The molecule has 0 heterocycles. The van der Waals surface area contributed by atoms with Crippen molar-refractivity contribution in [2.75, 3.05) is 59.3 Å². The number of hydrogen-bond donors (Lipinski definition) is 1. The number of aliphatic hydroxyl groups is 1. The van der Waals surface area contributed by atoms with Crippen LogP contribution in [0.15, 0.2) is 24.3 Å². The van der Waals surface area contributed by atoms with E-state index in [1.54, 1.807) is 0 Å². The summed E-state index contributed by atoms with van der Waals surface area (Å²) in [5.41, 5.74) is 0. The van der Waals surface area contributed by atoms with Crippen molar-refractivity contribution < 1.29 is 57.5 Å². The smallest absolute Gasteiger partial charge is 0.465 e. The Morgan fingerprint density at radius 2 is 0.900 bits per heavy atom. The maximum absolute atomic E-state index is 13.0. The minimum absolute atomic E-state index is 0.0731. The van der Waals surface area contributed by atoms with Gasteiger partial charge in [0.15, 0.2) is 0 Å². The summed E-state index contributed by atoms with van der Waals surface area (Å²) >= 11 is 0. The highest BCUT2D eigenvalue weighted by Gasteiger charge is 2.22. The van der Waals surface area contributed by atoms with E-state index in [-0.39, 0.29) is 82.9 Å². The van der Waals surface area contributed by atoms with E-state index in [1.165, 1.54) is 38.5 Å². The van der Waals surface area contributed by atoms with E-state index < -0.39 is 18.0 Å². The maximum Gasteiger partial charge on any atom is 0.508 e. The van der Waals surface area contributed by atoms with Gasteiger partial charge in [-0.1, -0.05) is 148 Å². The first-order chi connectivity index (χ1) is 34.2. The molecule has 0 saturated heterocycles. The maximum atomic E-state index is 13.0. The SMILES string of the molecule is CCCCC/C=C\C/C=C\CCCCCCCC(=O)OCC(COC(=O)CCCC(COC(=O)CCCCCCC)COC(=O)CCCCCCC)COC(=O)OCCCN(CCO)C1CCCCC1. The Hall–Kier alpha value is -3.45. The molecule has 1 saturated carbocycles. The molecule has 0 aromatic heterocycles. The van der Waals surface area contributed by atoms with Crippen LogP contribution in [-0.2, 0) is 47.6 Å². The number of allylic oxidation sites excluding steroid dienone is 4. The highest BCUT2D eigenvalue weighted by atomic mass is 16.7. The molecule has 1 N–H and O–H groups in total. The molecule has 0 aromatic carbocycles. The van der Waals surface area contributed by atoms with E-state index in [0.717, 1.165) is 122 Å². The zero-order chi connectivity index (χ0) is 51.0. The van der Waals surface area contributed by atoms with E-state index in [2.05, 4.69) is 50.0 Å². The standard InChI is InChI=1S/C57H101NO12/c1-4-7-10-13-14-15-16-17-18-19-20-21-22-25-31-39-55(62)68-47-51(49-70-57(64)65-44-33-41-58(42-43-59)52-35-27-26-28-36-52)48-69-56(63)40-32-34-50(45-66-53(60)37-29-23-11-8-5-2)46-67-54(61)38-30-24-12-9-6-3/h14-15,17-18,50-52,59H,4-13,16,19-49H2,1-3H3/b15-14-,18-17-. The average Bonchev–Trinajstić information content (AvgIpc) is 3.36. The predicted octanol–water partition coefficient (Wildman–Crippen LogP) is 13.3. The number of hydrogen-bond acceptors (Lipinski definition) is 13. The van der Waals surface area contributed by atoms with Crippen LogP contribution in [0, 0.1) is 11.8 Å². The molecule has 70 heavy (non-hydrogen) atoms. The second kappa shape index (κ2) is 47.9. The van der Waals surface area contributed by atoms with Gasteiger partial charge in [0.05, 0.1) is 32.3 Å². The van der Waals surface area contributed by atoms with Crippen molar-refractivity contribution in [1.82, 2.24) is 4.90 Å². The van der Waals surface area contributed by atoms with Crippen LogP contribution in [0.25, 0.3) is 0 Å². The lowest BCUT2D eigenvalue weighted by atomic mass is 9.94. The van der Waals surface area contributed by atoms with Gasteiger partial charge in [-0.2, -0.15) is 0 Å². The molecule has 406 valence electrons. The number of carbonyl (C=O) groups excluding carboxylic acids is 5. The van der Waals surface area contributed by atoms with Gasteiger partial charge in [-0.05, 0) is 83.5 Å². The second-order valence-electron chi connectivity index (χ2n) is 19.5. The molecule has 1 atom stereocenters. The third-order valence-corrected chi connectivity index (χ3v) is 12.9. The summed E-state index contributed by atoms with van der Waals surface area (Å²) in [7, 11) is 0. The molecule has 1 unspecified atom stereocenters. The van der Waals surface area contributed by atoms with E-state index >= 15 is 0 Å². The van der Waals surface area contributed by atoms with Gasteiger partial charge in [-0.3, -0.25) is 24.1 Å². The Morgan fingerprint density at radius 3 is 1.41 bits per heavy atom. The van der Waals surface area contributed by atoms with Crippen LogP contribution in [-0.4, -0.2) is 105 Å². The van der Waals surface area contributed by atoms with Gasteiger partial charge in [0.1, 0.15) is 19.8 Å². The Morgan fingerprint density at radius 1 is 0.471 bits per heavy atom. The molecule has 0 bridgehead atoms. The Balaban J connectivity index is 2.66. The van der Waals surface area contributed by atoms with E-state index in [0.29, 0.717) is 57.7 Å². The molecule has 0 amide bonds. The fourth-order valence-electron chi connectivity index (χ4n) is 8.55. The van der Waals surface area contributed by atoms with Crippen molar-refractivity contribution >= 4 is 30.0 Å². The van der Waals surface area contributed by atoms with Crippen LogP contribution in [0.3, 0.4) is 0 Å². The fraction of sp³-hybridized carbons (Fsp3) is 0.842. The number of esters is 4. The summed E-state index contributed by atoms with van der Waals surface area (Å²) in [6.07, 6.45) is 38.7. The zero-order valence-electron chi connectivity index (χ0n) is 44.6. The molecule has 0 spiro atoms. The summed E-state index contributed by atoms with van der Waals surface area (Å²) in [6, 6.07) is 0.439. The largest absolute Gasteiger partial charge is 0.508 e. The topological polar surface area (TPSA) is 164 Å². The highest BCUT2D eigenvalue weighted by Crippen LogP contribution is 2.23. The number of unbranched alkanes of at least 4 members (excludes halogenated alkanes) is 16. The number of ether oxygens (including phenoxy) is 6. The Kier molecular flexibility index (Phi) is 44.1. The van der Waals surface area contributed by atoms with Gasteiger partial charge >= 0.3 is 30.0 Å². The lowest BCUT2D eigenvalue weighted by Crippen LogP contribution is -2.39. The zero-order valence-corrected chi connectivity index (χ0v) is 44.6. The predicted molar refractivity (Wildman–Crippen MR) is 278 cm³/mol. The van der Waals surface area contributed by atoms with E-state index in [1.807, 2.05) is 0 Å². The first kappa shape index (κ1) is 64.6. The Bertz CT molecular complexity index is 1320. The minimum atomic E-state index is -0.848. The number of aliphatic hydroxyl groups excluding tert-OH is 1. The number of nitrogens with zero attached hydrogens (tertiary/aromatic N) is 1. The highest BCUT2D eigenvalue weighted by molar-refractivity contribution is 5.70. The van der Waals surface area contributed by atoms with Gasteiger partial charge in [0, 0.05) is 50.7 Å². The van der Waals surface area contributed by atoms with Crippen molar-refractivity contribution in [3.63, 3.8) is 0 Å². The van der Waals surface area contributed by atoms with E-state index in [4.69, 9.17) is 28.4 Å². The van der Waals surface area contributed by atoms with Crippen LogP contribution in [0.2, 0.25) is 0 Å². The second-order valence-corrected chi connectivity index (χ2v) is 19.5. The van der Waals surface area contributed by atoms with Crippen LogP contribution in [0.1, 0.15) is 233 Å². The van der Waals surface area contributed by atoms with Gasteiger partial charge in [-0.15, -0.1) is 0 Å². The molecule has 0 aliphatic heterocycles. The molecule has 13 heteroatoms. The monoisotopic (exact) mass is 992 g/mol. The Labute approximate surface area is 425 Å². The summed E-state index contributed by atoms with van der Waals surface area (Å²) in [4.78, 5) is 65.7. The molecule has 0 aromatic rings. The van der Waals surface area contributed by atoms with Gasteiger partial charge in [-0.25, -0.2) is 4.79 Å². The normalized spacial score (nSPS) is 13.6. The molecular formula is C57H101NO12. The quantitative estimate of drug-likeness (QED) is 0.0265. The van der Waals surface area contributed by atoms with Crippen LogP contribution < -0.4 is 0 Å². The third-order valence-electron chi connectivity index (χ3n) is 12.9. The average molecular weight is 992 g/mol. The van der Waals surface area contributed by atoms with Crippen LogP contribution >= 0.6 is 0 Å². The van der Waals surface area contributed by atoms with Crippen molar-refractivity contribution in [2.24, 2.45) is 11.8 Å². The van der Waals surface area contributed by atoms with Crippen molar-refractivity contribution in [3.05, 3.63) is 24.3 Å². The summed E-state index contributed by atoms with van der Waals surface area (Å²) < 4.78 is 33.2.